The van der Waals surface area contributed by atoms with Crippen LogP contribution in [-0.4, -0.2) is 17.1 Å². The number of fused-ring (bicyclic) bond motifs is 2. The monoisotopic (exact) mass is 474 g/mol. The van der Waals surface area contributed by atoms with Crippen molar-refractivity contribution in [3.8, 4) is 0 Å². The maximum Gasteiger partial charge on any atom is 0.272 e. The molecule has 28 heavy (non-hydrogen) atoms. The average Bonchev–Trinajstić information content (AvgIpc) is 3.17. The van der Waals surface area contributed by atoms with Gasteiger partial charge in [0, 0.05) is 26.4 Å². The van der Waals surface area contributed by atoms with Gasteiger partial charge in [-0.1, -0.05) is 44.9 Å². The van der Waals surface area contributed by atoms with Gasteiger partial charge in [-0.05, 0) is 36.4 Å². The van der Waals surface area contributed by atoms with Gasteiger partial charge >= 0.3 is 0 Å². The molecule has 0 unspecified atom stereocenters. The summed E-state index contributed by atoms with van der Waals surface area (Å²) in [5.41, 5.74) is 2.41. The van der Waals surface area contributed by atoms with Crippen LogP contribution < -0.4 is 25.1 Å². The zero-order valence-electron chi connectivity index (χ0n) is 14.3. The first kappa shape index (κ1) is 17.7. The molecule has 1 aromatic heterocycles. The second-order valence-electron chi connectivity index (χ2n) is 6.43. The lowest BCUT2D eigenvalue weighted by molar-refractivity contribution is -0.110. The largest absolute Gasteiger partial charge is 0.334 e. The molecular formula is C19H12BrClN4O2S. The van der Waals surface area contributed by atoms with Crippen molar-refractivity contribution in [3.05, 3.63) is 77.2 Å². The number of nitrogens with one attached hydrogen (secondary N) is 1. The van der Waals surface area contributed by atoms with E-state index in [0.29, 0.717) is 44.5 Å². The number of thiazole rings is 1. The molecule has 1 amide bonds. The minimum Gasteiger partial charge on any atom is -0.334 e. The highest BCUT2D eigenvalue weighted by Gasteiger charge is 2.28. The van der Waals surface area contributed by atoms with Gasteiger partial charge in [-0.15, -0.1) is 0 Å². The summed E-state index contributed by atoms with van der Waals surface area (Å²) in [6.07, 6.45) is 0. The fourth-order valence-corrected chi connectivity index (χ4v) is 4.98. The first-order valence-corrected chi connectivity index (χ1v) is 10.4. The molecule has 3 heterocycles. The van der Waals surface area contributed by atoms with Gasteiger partial charge in [0.15, 0.2) is 4.80 Å². The summed E-state index contributed by atoms with van der Waals surface area (Å²) in [7, 11) is 0. The summed E-state index contributed by atoms with van der Waals surface area (Å²) in [6, 6.07) is 13.0. The van der Waals surface area contributed by atoms with Crippen molar-refractivity contribution >= 4 is 61.7 Å². The number of rotatable bonds is 1. The molecule has 2 aliphatic heterocycles. The molecule has 2 aliphatic rings. The van der Waals surface area contributed by atoms with Crippen LogP contribution in [0.25, 0.3) is 5.57 Å². The van der Waals surface area contributed by atoms with Crippen LogP contribution in [0, 0.1) is 0 Å². The van der Waals surface area contributed by atoms with E-state index in [9.17, 15) is 9.59 Å². The molecule has 0 saturated carbocycles. The summed E-state index contributed by atoms with van der Waals surface area (Å²) in [5.74, 6) is -0.294. The average molecular weight is 476 g/mol. The molecule has 5 rings (SSSR count). The van der Waals surface area contributed by atoms with E-state index in [1.807, 2.05) is 29.2 Å². The van der Waals surface area contributed by atoms with Crippen molar-refractivity contribution in [1.82, 2.24) is 4.57 Å². The highest BCUT2D eigenvalue weighted by Crippen LogP contribution is 2.32. The third-order valence-electron chi connectivity index (χ3n) is 4.68. The Balaban J connectivity index is 1.66. The van der Waals surface area contributed by atoms with Gasteiger partial charge in [0.25, 0.3) is 11.5 Å². The predicted molar refractivity (Wildman–Crippen MR) is 113 cm³/mol. The normalized spacial score (nSPS) is 17.1. The quantitative estimate of drug-likeness (QED) is 0.588. The molecule has 9 heteroatoms. The number of benzene rings is 2. The van der Waals surface area contributed by atoms with Crippen LogP contribution in [0.15, 0.2) is 56.7 Å². The van der Waals surface area contributed by atoms with Gasteiger partial charge in [0.05, 0.1) is 5.57 Å². The van der Waals surface area contributed by atoms with Crippen molar-refractivity contribution < 1.29 is 4.79 Å². The number of nitrogens with zero attached hydrogens (tertiary/aromatic N) is 3. The van der Waals surface area contributed by atoms with Crippen molar-refractivity contribution in [2.75, 3.05) is 16.9 Å². The molecule has 140 valence electrons. The SMILES string of the molecule is O=C1Nc2ccc(Cl)cc2C1=c1sc2n(c1=O)CN(c1cccc(Br)c1)CN=2. The summed E-state index contributed by atoms with van der Waals surface area (Å²) < 4.78 is 2.95. The van der Waals surface area contributed by atoms with E-state index >= 15 is 0 Å². The molecule has 0 atom stereocenters. The second-order valence-corrected chi connectivity index (χ2v) is 8.76. The lowest BCUT2D eigenvalue weighted by Gasteiger charge is -2.25. The lowest BCUT2D eigenvalue weighted by atomic mass is 10.1. The fourth-order valence-electron chi connectivity index (χ4n) is 3.36. The van der Waals surface area contributed by atoms with E-state index < -0.39 is 0 Å². The fraction of sp³-hybridized carbons (Fsp3) is 0.105. The van der Waals surface area contributed by atoms with E-state index in [0.717, 1.165) is 10.2 Å². The van der Waals surface area contributed by atoms with Crippen LogP contribution in [0.2, 0.25) is 5.02 Å². The maximum atomic E-state index is 13.1. The van der Waals surface area contributed by atoms with E-state index in [1.165, 1.54) is 11.3 Å². The Morgan fingerprint density at radius 2 is 2.04 bits per heavy atom. The third-order valence-corrected chi connectivity index (χ3v) is 6.52. The lowest BCUT2D eigenvalue weighted by Crippen LogP contribution is -2.43. The number of hydrogen-bond acceptors (Lipinski definition) is 5. The molecule has 0 fully saturated rings. The summed E-state index contributed by atoms with van der Waals surface area (Å²) in [6.45, 7) is 0.821. The van der Waals surface area contributed by atoms with Crippen LogP contribution in [0.4, 0.5) is 11.4 Å². The Morgan fingerprint density at radius 1 is 1.18 bits per heavy atom. The van der Waals surface area contributed by atoms with Gasteiger partial charge in [0.1, 0.15) is 17.9 Å². The molecular weight excluding hydrogens is 464 g/mol. The first-order chi connectivity index (χ1) is 13.5. The number of carbonyl (C=O) groups excluding carboxylic acids is 1. The van der Waals surface area contributed by atoms with Gasteiger partial charge in [-0.3, -0.25) is 14.2 Å². The molecule has 0 radical (unpaired) electrons. The van der Waals surface area contributed by atoms with E-state index in [-0.39, 0.29) is 11.5 Å². The van der Waals surface area contributed by atoms with E-state index in [1.54, 1.807) is 22.8 Å². The molecule has 2 aromatic carbocycles. The van der Waals surface area contributed by atoms with Crippen molar-refractivity contribution in [3.63, 3.8) is 0 Å². The summed E-state index contributed by atoms with van der Waals surface area (Å²) in [4.78, 5) is 32.8. The zero-order valence-corrected chi connectivity index (χ0v) is 17.4. The minimum atomic E-state index is -0.294. The smallest absolute Gasteiger partial charge is 0.272 e. The van der Waals surface area contributed by atoms with E-state index in [4.69, 9.17) is 11.6 Å². The zero-order chi connectivity index (χ0) is 19.4. The number of halogens is 2. The van der Waals surface area contributed by atoms with Gasteiger partial charge < -0.3 is 10.2 Å². The van der Waals surface area contributed by atoms with Crippen molar-refractivity contribution in [2.24, 2.45) is 4.99 Å². The van der Waals surface area contributed by atoms with Crippen LogP contribution >= 0.6 is 38.9 Å². The van der Waals surface area contributed by atoms with E-state index in [2.05, 4.69) is 26.2 Å². The molecule has 6 nitrogen and oxygen atoms in total. The second kappa shape index (κ2) is 6.58. The van der Waals surface area contributed by atoms with Crippen LogP contribution in [0.5, 0.6) is 0 Å². The standard InChI is InChI=1S/C19H12BrClN4O2S/c20-10-2-1-3-12(6-10)24-8-22-19-25(9-24)18(27)16(28-19)15-13-7-11(21)4-5-14(13)23-17(15)26/h1-7H,8-9H2,(H,23,26). The van der Waals surface area contributed by atoms with Crippen LogP contribution in [0.1, 0.15) is 5.56 Å². The molecule has 0 spiro atoms. The summed E-state index contributed by atoms with van der Waals surface area (Å²) >= 11 is 10.8. The van der Waals surface area contributed by atoms with Crippen LogP contribution in [0.3, 0.4) is 0 Å². The topological polar surface area (TPSA) is 66.7 Å². The first-order valence-electron chi connectivity index (χ1n) is 8.41. The Morgan fingerprint density at radius 3 is 2.86 bits per heavy atom. The number of hydrogen-bond donors (Lipinski definition) is 1. The number of anilines is 2. The van der Waals surface area contributed by atoms with Gasteiger partial charge in [-0.2, -0.15) is 0 Å². The maximum absolute atomic E-state index is 13.1. The molecule has 0 bridgehead atoms. The van der Waals surface area contributed by atoms with Crippen molar-refractivity contribution in [1.29, 1.82) is 0 Å². The van der Waals surface area contributed by atoms with Crippen molar-refractivity contribution in [2.45, 2.75) is 6.67 Å². The highest BCUT2D eigenvalue weighted by atomic mass is 79.9. The number of aromatic nitrogens is 1. The molecule has 3 aromatic rings. The number of amides is 1. The minimum absolute atomic E-state index is 0.221. The Labute approximate surface area is 176 Å². The Hall–Kier alpha value is -2.42. The highest BCUT2D eigenvalue weighted by molar-refractivity contribution is 9.10. The Kier molecular flexibility index (Phi) is 4.15. The Bertz CT molecular complexity index is 1330. The van der Waals surface area contributed by atoms with Gasteiger partial charge in [-0.25, -0.2) is 4.99 Å². The molecule has 0 saturated heterocycles. The third kappa shape index (κ3) is 2.80. The molecule has 1 N–H and O–H groups in total. The summed E-state index contributed by atoms with van der Waals surface area (Å²) in [5, 5.41) is 3.31. The molecule has 0 aliphatic carbocycles. The van der Waals surface area contributed by atoms with Crippen LogP contribution in [-0.2, 0) is 11.5 Å². The van der Waals surface area contributed by atoms with Gasteiger partial charge in [0.2, 0.25) is 0 Å². The predicted octanol–water partition coefficient (Wildman–Crippen LogP) is 2.53. The number of carbonyl (C=O) groups is 1.